The van der Waals surface area contributed by atoms with Crippen LogP contribution in [0.4, 0.5) is 0 Å². The van der Waals surface area contributed by atoms with Gasteiger partial charge in [0, 0.05) is 27.7 Å². The maximum Gasteiger partial charge on any atom is 0.303 e. The number of fused-ring (bicyclic) bond motifs is 2. The fourth-order valence-corrected chi connectivity index (χ4v) is 5.25. The smallest absolute Gasteiger partial charge is 0.303 e. The number of hydrogen-bond donors (Lipinski definition) is 0. The summed E-state index contributed by atoms with van der Waals surface area (Å²) in [5, 5.41) is 0. The minimum absolute atomic E-state index is 0.0638. The third kappa shape index (κ3) is 7.16. The molecular formula is C26H38O15. The summed E-state index contributed by atoms with van der Waals surface area (Å²) in [4.78, 5) is 48.2. The second-order valence-corrected chi connectivity index (χ2v) is 11.2. The van der Waals surface area contributed by atoms with E-state index in [1.54, 1.807) is 27.7 Å². The standard InChI is InChI=1S/C26H38O15/c1-12(27)31-9-17-19(34-13(2)28)22(36-15(4)30)26(38-17)11-33-25(7,8)40-21-20(35-14(3)29)18-16(37-23(21)41-26)10-32-24(5,6)39-18/h16-23H,9-11H2,1-8H3/t16-,17-,18-,19-,20+,21-,22+,23-,26+/m1/s1. The Morgan fingerprint density at radius 1 is 0.707 bits per heavy atom. The fraction of sp³-hybridized carbons (Fsp3) is 0.846. The summed E-state index contributed by atoms with van der Waals surface area (Å²) < 4.78 is 65.0. The van der Waals surface area contributed by atoms with Gasteiger partial charge in [-0.2, -0.15) is 0 Å². The van der Waals surface area contributed by atoms with E-state index in [1.165, 1.54) is 20.8 Å². The van der Waals surface area contributed by atoms with E-state index < -0.39 is 96.9 Å². The number of carbonyl (C=O) groups is 4. The van der Waals surface area contributed by atoms with Gasteiger partial charge < -0.3 is 52.1 Å². The third-order valence-corrected chi connectivity index (χ3v) is 6.76. The zero-order valence-corrected chi connectivity index (χ0v) is 24.4. The van der Waals surface area contributed by atoms with Crippen LogP contribution in [0.3, 0.4) is 0 Å². The monoisotopic (exact) mass is 590 g/mol. The van der Waals surface area contributed by atoms with Gasteiger partial charge in [0.25, 0.3) is 0 Å². The van der Waals surface area contributed by atoms with E-state index in [2.05, 4.69) is 0 Å². The normalized spacial score (nSPS) is 39.3. The first kappa shape index (κ1) is 31.5. The van der Waals surface area contributed by atoms with Crippen LogP contribution in [0.25, 0.3) is 0 Å². The molecule has 4 fully saturated rings. The zero-order chi connectivity index (χ0) is 30.3. The van der Waals surface area contributed by atoms with E-state index in [-0.39, 0.29) is 13.2 Å². The van der Waals surface area contributed by atoms with E-state index in [0.717, 1.165) is 6.92 Å². The van der Waals surface area contributed by atoms with Gasteiger partial charge >= 0.3 is 23.9 Å². The molecule has 0 radical (unpaired) electrons. The van der Waals surface area contributed by atoms with Gasteiger partial charge in [0.05, 0.1) is 6.61 Å². The molecule has 0 N–H and O–H groups in total. The summed E-state index contributed by atoms with van der Waals surface area (Å²) in [5.41, 5.74) is 0. The Labute approximate surface area is 237 Å². The fourth-order valence-electron chi connectivity index (χ4n) is 5.25. The van der Waals surface area contributed by atoms with Crippen molar-refractivity contribution >= 4 is 23.9 Å². The lowest BCUT2D eigenvalue weighted by Gasteiger charge is -2.53. The summed E-state index contributed by atoms with van der Waals surface area (Å²) in [7, 11) is 0. The molecule has 232 valence electrons. The highest BCUT2D eigenvalue weighted by Crippen LogP contribution is 2.45. The van der Waals surface area contributed by atoms with Crippen LogP contribution in [0.15, 0.2) is 0 Å². The number of esters is 4. The summed E-state index contributed by atoms with van der Waals surface area (Å²) in [6.45, 7) is 10.7. The highest BCUT2D eigenvalue weighted by atomic mass is 16.9. The van der Waals surface area contributed by atoms with Crippen LogP contribution >= 0.6 is 0 Å². The predicted octanol–water partition coefficient (Wildman–Crippen LogP) is 0.484. The first-order valence-electron chi connectivity index (χ1n) is 13.3. The van der Waals surface area contributed by atoms with Crippen molar-refractivity contribution in [1.29, 1.82) is 0 Å². The van der Waals surface area contributed by atoms with Gasteiger partial charge in [-0.25, -0.2) is 0 Å². The van der Waals surface area contributed by atoms with E-state index in [9.17, 15) is 19.2 Å². The molecule has 4 rings (SSSR count). The molecule has 0 bridgehead atoms. The van der Waals surface area contributed by atoms with Gasteiger partial charge in [0.1, 0.15) is 31.5 Å². The molecule has 4 saturated heterocycles. The largest absolute Gasteiger partial charge is 0.463 e. The van der Waals surface area contributed by atoms with Crippen molar-refractivity contribution in [3.8, 4) is 0 Å². The molecule has 41 heavy (non-hydrogen) atoms. The first-order chi connectivity index (χ1) is 19.0. The molecule has 0 aromatic carbocycles. The molecule has 4 heterocycles. The molecule has 0 aromatic rings. The third-order valence-electron chi connectivity index (χ3n) is 6.76. The average molecular weight is 591 g/mol. The van der Waals surface area contributed by atoms with Crippen molar-refractivity contribution in [2.45, 2.75) is 122 Å². The minimum Gasteiger partial charge on any atom is -0.463 e. The second kappa shape index (κ2) is 11.7. The molecule has 0 aliphatic carbocycles. The van der Waals surface area contributed by atoms with E-state index in [4.69, 9.17) is 52.1 Å². The molecule has 0 saturated carbocycles. The van der Waals surface area contributed by atoms with Gasteiger partial charge in [0.2, 0.25) is 5.79 Å². The molecule has 0 amide bonds. The Bertz CT molecular complexity index is 1030. The van der Waals surface area contributed by atoms with Gasteiger partial charge in [0.15, 0.2) is 42.3 Å². The SMILES string of the molecule is CC(=O)OC[C@H]1O[C@]2(COC(C)(C)O[C@H]3[C@H](O[C@@H]4COC(C)(C)O[C@H]4[C@@H]3OC(C)=O)O2)[C@@H](OC(C)=O)[C@@H]1OC(C)=O. The quantitative estimate of drug-likeness (QED) is 0.320. The minimum atomic E-state index is -1.95. The Hall–Kier alpha value is -2.40. The van der Waals surface area contributed by atoms with Crippen LogP contribution in [0.5, 0.6) is 0 Å². The maximum absolute atomic E-state index is 12.3. The van der Waals surface area contributed by atoms with Crippen molar-refractivity contribution in [3.63, 3.8) is 0 Å². The van der Waals surface area contributed by atoms with Crippen LogP contribution in [0, 0.1) is 0 Å². The molecule has 1 spiro atoms. The van der Waals surface area contributed by atoms with Gasteiger partial charge in [-0.1, -0.05) is 0 Å². The summed E-state index contributed by atoms with van der Waals surface area (Å²) >= 11 is 0. The van der Waals surface area contributed by atoms with Gasteiger partial charge in [-0.3, -0.25) is 19.2 Å². The molecule has 0 aromatic heterocycles. The van der Waals surface area contributed by atoms with Gasteiger partial charge in [-0.15, -0.1) is 0 Å². The summed E-state index contributed by atoms with van der Waals surface area (Å²) in [6.07, 6.45) is -8.87. The molecule has 15 nitrogen and oxygen atoms in total. The Balaban J connectivity index is 1.77. The number of ether oxygens (including phenoxy) is 11. The topological polar surface area (TPSA) is 170 Å². The first-order valence-corrected chi connectivity index (χ1v) is 13.3. The lowest BCUT2D eigenvalue weighted by molar-refractivity contribution is -0.454. The van der Waals surface area contributed by atoms with E-state index in [1.807, 2.05) is 0 Å². The predicted molar refractivity (Wildman–Crippen MR) is 130 cm³/mol. The highest BCUT2D eigenvalue weighted by molar-refractivity contribution is 5.68. The van der Waals surface area contributed by atoms with Crippen LogP contribution in [0.2, 0.25) is 0 Å². The van der Waals surface area contributed by atoms with Crippen molar-refractivity contribution < 1.29 is 71.3 Å². The van der Waals surface area contributed by atoms with Crippen LogP contribution in [0.1, 0.15) is 55.4 Å². The van der Waals surface area contributed by atoms with Crippen molar-refractivity contribution in [3.05, 3.63) is 0 Å². The van der Waals surface area contributed by atoms with E-state index >= 15 is 0 Å². The zero-order valence-electron chi connectivity index (χ0n) is 24.4. The van der Waals surface area contributed by atoms with Crippen molar-refractivity contribution in [1.82, 2.24) is 0 Å². The number of rotatable bonds is 5. The van der Waals surface area contributed by atoms with E-state index in [0.29, 0.717) is 0 Å². The molecule has 15 heteroatoms. The lowest BCUT2D eigenvalue weighted by atomic mass is 9.96. The van der Waals surface area contributed by atoms with Crippen molar-refractivity contribution in [2.75, 3.05) is 19.8 Å². The second-order valence-electron chi connectivity index (χ2n) is 11.2. The molecule has 9 atom stereocenters. The van der Waals surface area contributed by atoms with Crippen LogP contribution < -0.4 is 0 Å². The highest BCUT2D eigenvalue weighted by Gasteiger charge is 2.66. The maximum atomic E-state index is 12.3. The molecule has 0 unspecified atom stereocenters. The molecule has 4 aliphatic heterocycles. The number of carbonyl (C=O) groups excluding carboxylic acids is 4. The summed E-state index contributed by atoms with van der Waals surface area (Å²) in [6, 6.07) is 0. The van der Waals surface area contributed by atoms with Crippen LogP contribution in [-0.4, -0.2) is 110 Å². The molecular weight excluding hydrogens is 552 g/mol. The summed E-state index contributed by atoms with van der Waals surface area (Å²) in [5.74, 6) is -6.99. The lowest BCUT2D eigenvalue weighted by Crippen LogP contribution is -2.70. The Morgan fingerprint density at radius 2 is 1.29 bits per heavy atom. The van der Waals surface area contributed by atoms with Crippen LogP contribution in [-0.2, 0) is 71.3 Å². The molecule has 4 aliphatic rings. The van der Waals surface area contributed by atoms with Crippen molar-refractivity contribution in [2.24, 2.45) is 0 Å². The Morgan fingerprint density at radius 3 is 1.90 bits per heavy atom. The number of hydrogen-bond acceptors (Lipinski definition) is 15. The van der Waals surface area contributed by atoms with Gasteiger partial charge in [-0.05, 0) is 27.7 Å². The Kier molecular flexibility index (Phi) is 9.00. The average Bonchev–Trinajstić information content (AvgIpc) is 3.09.